The van der Waals surface area contributed by atoms with Crippen LogP contribution in [0.1, 0.15) is 16.6 Å². The van der Waals surface area contributed by atoms with Crippen molar-refractivity contribution in [2.75, 3.05) is 7.11 Å². The van der Waals surface area contributed by atoms with Crippen LogP contribution in [0.3, 0.4) is 0 Å². The third-order valence-corrected chi connectivity index (χ3v) is 5.04. The maximum absolute atomic E-state index is 12.3. The summed E-state index contributed by atoms with van der Waals surface area (Å²) in [7, 11) is 1.30. The van der Waals surface area contributed by atoms with E-state index in [1.165, 1.54) is 29.8 Å². The molecule has 0 saturated carbocycles. The van der Waals surface area contributed by atoms with Crippen molar-refractivity contribution in [2.24, 2.45) is 0 Å². The number of esters is 1. The minimum Gasteiger partial charge on any atom is -0.467 e. The molecule has 0 unspecified atom stereocenters. The van der Waals surface area contributed by atoms with Crippen molar-refractivity contribution in [3.05, 3.63) is 51.9 Å². The van der Waals surface area contributed by atoms with Gasteiger partial charge in [0.1, 0.15) is 0 Å². The highest BCUT2D eigenvalue weighted by Crippen LogP contribution is 2.24. The maximum atomic E-state index is 12.3. The van der Waals surface area contributed by atoms with E-state index in [0.717, 1.165) is 4.88 Å². The zero-order valence-corrected chi connectivity index (χ0v) is 14.4. The summed E-state index contributed by atoms with van der Waals surface area (Å²) in [5.74, 6) is -0.131. The maximum Gasteiger partial charge on any atom is 0.333 e. The second-order valence-corrected chi connectivity index (χ2v) is 6.67. The van der Waals surface area contributed by atoms with Crippen LogP contribution in [-0.2, 0) is 20.7 Å². The standard InChI is InChI=1S/C16H14N2O4S2/c1-21-16(20)14(12-5-3-7-23-12)18-13(19)8-10-9-24-15(17-10)11-4-2-6-22-11/h2-7,9,14H,8H2,1H3,(H,18,19)/t14-/m0/s1. The van der Waals surface area contributed by atoms with Gasteiger partial charge in [0.2, 0.25) is 5.91 Å². The van der Waals surface area contributed by atoms with Gasteiger partial charge in [-0.3, -0.25) is 4.79 Å². The highest BCUT2D eigenvalue weighted by atomic mass is 32.1. The van der Waals surface area contributed by atoms with Crippen LogP contribution in [0.2, 0.25) is 0 Å². The molecule has 3 aromatic heterocycles. The van der Waals surface area contributed by atoms with Crippen molar-refractivity contribution in [1.29, 1.82) is 0 Å². The molecule has 3 rings (SSSR count). The van der Waals surface area contributed by atoms with Gasteiger partial charge in [0.15, 0.2) is 16.8 Å². The lowest BCUT2D eigenvalue weighted by Crippen LogP contribution is -2.35. The summed E-state index contributed by atoms with van der Waals surface area (Å²) in [6.45, 7) is 0. The number of nitrogens with one attached hydrogen (secondary N) is 1. The molecule has 0 aromatic carbocycles. The van der Waals surface area contributed by atoms with Crippen molar-refractivity contribution in [1.82, 2.24) is 10.3 Å². The molecule has 1 atom stereocenters. The molecule has 1 amide bonds. The quantitative estimate of drug-likeness (QED) is 0.682. The molecule has 0 radical (unpaired) electrons. The predicted octanol–water partition coefficient (Wildman–Crippen LogP) is 3.04. The van der Waals surface area contributed by atoms with Crippen molar-refractivity contribution < 1.29 is 18.7 Å². The summed E-state index contributed by atoms with van der Waals surface area (Å²) >= 11 is 2.79. The van der Waals surface area contributed by atoms with E-state index in [4.69, 9.17) is 9.15 Å². The van der Waals surface area contributed by atoms with E-state index in [2.05, 4.69) is 10.3 Å². The van der Waals surface area contributed by atoms with Gasteiger partial charge < -0.3 is 14.5 Å². The summed E-state index contributed by atoms with van der Waals surface area (Å²) in [6.07, 6.45) is 1.65. The number of carbonyl (C=O) groups is 2. The Labute approximate surface area is 146 Å². The Morgan fingerprint density at radius 3 is 2.88 bits per heavy atom. The number of amides is 1. The van der Waals surface area contributed by atoms with Crippen molar-refractivity contribution in [3.63, 3.8) is 0 Å². The molecule has 6 nitrogen and oxygen atoms in total. The molecule has 0 fully saturated rings. The number of hydrogen-bond acceptors (Lipinski definition) is 7. The third kappa shape index (κ3) is 3.72. The average Bonchev–Trinajstić information content (AvgIpc) is 3.32. The van der Waals surface area contributed by atoms with Gasteiger partial charge in [0.25, 0.3) is 0 Å². The Morgan fingerprint density at radius 1 is 1.33 bits per heavy atom. The number of nitrogens with zero attached hydrogens (tertiary/aromatic N) is 1. The van der Waals surface area contributed by atoms with Crippen molar-refractivity contribution in [2.45, 2.75) is 12.5 Å². The SMILES string of the molecule is COC(=O)[C@@H](NC(=O)Cc1csc(-c2ccco2)n1)c1cccs1. The molecular formula is C16H14N2O4S2. The fourth-order valence-corrected chi connectivity index (χ4v) is 3.65. The molecule has 0 aliphatic rings. The fourth-order valence-electron chi connectivity index (χ4n) is 2.10. The molecule has 24 heavy (non-hydrogen) atoms. The third-order valence-electron chi connectivity index (χ3n) is 3.20. The molecular weight excluding hydrogens is 348 g/mol. The second-order valence-electron chi connectivity index (χ2n) is 4.84. The van der Waals surface area contributed by atoms with Gasteiger partial charge in [0, 0.05) is 10.3 Å². The lowest BCUT2D eigenvalue weighted by molar-refractivity contribution is -0.145. The number of aromatic nitrogens is 1. The van der Waals surface area contributed by atoms with Gasteiger partial charge in [-0.25, -0.2) is 9.78 Å². The van der Waals surface area contributed by atoms with Crippen LogP contribution in [-0.4, -0.2) is 24.0 Å². The summed E-state index contributed by atoms with van der Waals surface area (Å²) in [4.78, 5) is 29.3. The average molecular weight is 362 g/mol. The second kappa shape index (κ2) is 7.41. The van der Waals surface area contributed by atoms with Crippen LogP contribution in [0.5, 0.6) is 0 Å². The van der Waals surface area contributed by atoms with E-state index in [0.29, 0.717) is 16.5 Å². The fraction of sp³-hybridized carbons (Fsp3) is 0.188. The summed E-state index contributed by atoms with van der Waals surface area (Å²) < 4.78 is 10.1. The smallest absolute Gasteiger partial charge is 0.333 e. The molecule has 8 heteroatoms. The van der Waals surface area contributed by atoms with Crippen molar-refractivity contribution >= 4 is 34.6 Å². The summed E-state index contributed by atoms with van der Waals surface area (Å²) in [5, 5.41) is 7.06. The normalized spacial score (nSPS) is 11.9. The van der Waals surface area contributed by atoms with Gasteiger partial charge >= 0.3 is 5.97 Å². The first kappa shape index (κ1) is 16.4. The van der Waals surface area contributed by atoms with Gasteiger partial charge in [-0.05, 0) is 23.6 Å². The molecule has 3 aromatic rings. The number of rotatable bonds is 6. The number of furan rings is 1. The van der Waals surface area contributed by atoms with Gasteiger partial charge in [-0.15, -0.1) is 22.7 Å². The largest absolute Gasteiger partial charge is 0.467 e. The minimum absolute atomic E-state index is 0.0794. The Morgan fingerprint density at radius 2 is 2.21 bits per heavy atom. The van der Waals surface area contributed by atoms with Gasteiger partial charge in [-0.1, -0.05) is 6.07 Å². The Bertz CT molecular complexity index is 809. The van der Waals surface area contributed by atoms with Crippen LogP contribution in [0.4, 0.5) is 0 Å². The minimum atomic E-state index is -0.800. The highest BCUT2D eigenvalue weighted by molar-refractivity contribution is 7.13. The van der Waals surface area contributed by atoms with Crippen molar-refractivity contribution in [3.8, 4) is 10.8 Å². The van der Waals surface area contributed by atoms with Gasteiger partial charge in [-0.2, -0.15) is 0 Å². The number of methoxy groups -OCH3 is 1. The Balaban J connectivity index is 1.67. The molecule has 0 bridgehead atoms. The van der Waals surface area contributed by atoms with Crippen LogP contribution < -0.4 is 5.32 Å². The first-order valence-corrected chi connectivity index (χ1v) is 8.82. The summed E-state index contributed by atoms with van der Waals surface area (Å²) in [6, 6.07) is 6.39. The molecule has 0 spiro atoms. The molecule has 124 valence electrons. The predicted molar refractivity (Wildman–Crippen MR) is 90.7 cm³/mol. The van der Waals surface area contributed by atoms with Crippen LogP contribution in [0.15, 0.2) is 45.7 Å². The Hall–Kier alpha value is -2.45. The van der Waals surface area contributed by atoms with Crippen LogP contribution >= 0.6 is 22.7 Å². The monoisotopic (exact) mass is 362 g/mol. The summed E-state index contributed by atoms with van der Waals surface area (Å²) in [5.41, 5.74) is 0.624. The number of carbonyl (C=O) groups excluding carboxylic acids is 2. The zero-order valence-electron chi connectivity index (χ0n) is 12.7. The van der Waals surface area contributed by atoms with Gasteiger partial charge in [0.05, 0.1) is 25.5 Å². The van der Waals surface area contributed by atoms with Crippen LogP contribution in [0, 0.1) is 0 Å². The topological polar surface area (TPSA) is 81.4 Å². The molecule has 0 aliphatic heterocycles. The van der Waals surface area contributed by atoms with E-state index >= 15 is 0 Å². The highest BCUT2D eigenvalue weighted by Gasteiger charge is 2.24. The number of thiophene rings is 1. The van der Waals surface area contributed by atoms with E-state index in [1.54, 1.807) is 23.8 Å². The van der Waals surface area contributed by atoms with E-state index < -0.39 is 12.0 Å². The molecule has 1 N–H and O–H groups in total. The zero-order chi connectivity index (χ0) is 16.9. The number of hydrogen-bond donors (Lipinski definition) is 1. The molecule has 0 aliphatic carbocycles. The van der Waals surface area contributed by atoms with E-state index in [-0.39, 0.29) is 12.3 Å². The molecule has 0 saturated heterocycles. The Kier molecular flexibility index (Phi) is 5.07. The first-order chi connectivity index (χ1) is 11.7. The van der Waals surface area contributed by atoms with E-state index in [1.807, 2.05) is 17.5 Å². The first-order valence-electron chi connectivity index (χ1n) is 7.06. The van der Waals surface area contributed by atoms with E-state index in [9.17, 15) is 9.59 Å². The van der Waals surface area contributed by atoms with Crippen LogP contribution in [0.25, 0.3) is 10.8 Å². The lowest BCUT2D eigenvalue weighted by atomic mass is 10.2. The number of ether oxygens (including phenoxy) is 1. The number of thiazole rings is 1. The molecule has 3 heterocycles. The lowest BCUT2D eigenvalue weighted by Gasteiger charge is -2.14.